The first-order chi connectivity index (χ1) is 6.64. The Balaban J connectivity index is 3.05. The molecule has 78 valence electrons. The highest BCUT2D eigenvalue weighted by molar-refractivity contribution is 5.28. The second-order valence-electron chi connectivity index (χ2n) is 3.61. The highest BCUT2D eigenvalue weighted by Crippen LogP contribution is 2.31. The van der Waals surface area contributed by atoms with Gasteiger partial charge in [-0.2, -0.15) is 0 Å². The van der Waals surface area contributed by atoms with E-state index < -0.39 is 5.67 Å². The second kappa shape index (κ2) is 4.51. The molecular formula is C11H17FN2. The summed E-state index contributed by atoms with van der Waals surface area (Å²) in [6.07, 6.45) is 4.48. The van der Waals surface area contributed by atoms with Gasteiger partial charge < -0.3 is 5.73 Å². The number of aryl methyl sites for hydroxylation is 1. The molecule has 0 saturated carbocycles. The van der Waals surface area contributed by atoms with Gasteiger partial charge in [-0.15, -0.1) is 0 Å². The van der Waals surface area contributed by atoms with Crippen molar-refractivity contribution in [3.05, 3.63) is 29.6 Å². The lowest BCUT2D eigenvalue weighted by atomic mass is 9.89. The van der Waals surface area contributed by atoms with E-state index in [0.29, 0.717) is 12.0 Å². The summed E-state index contributed by atoms with van der Waals surface area (Å²) in [5.74, 6) is 0. The van der Waals surface area contributed by atoms with E-state index in [1.807, 2.05) is 19.9 Å². The van der Waals surface area contributed by atoms with Crippen LogP contribution in [0.4, 0.5) is 4.39 Å². The molecule has 0 bridgehead atoms. The van der Waals surface area contributed by atoms with Crippen molar-refractivity contribution in [3.63, 3.8) is 0 Å². The summed E-state index contributed by atoms with van der Waals surface area (Å²) in [6.45, 7) is 3.86. The predicted octanol–water partition coefficient (Wildman–Crippen LogP) is 2.31. The third-order valence-corrected chi connectivity index (χ3v) is 2.49. The zero-order chi connectivity index (χ0) is 10.6. The molecule has 1 unspecified atom stereocenters. The van der Waals surface area contributed by atoms with Crippen molar-refractivity contribution in [1.29, 1.82) is 0 Å². The van der Waals surface area contributed by atoms with Crippen LogP contribution >= 0.6 is 0 Å². The number of pyridine rings is 1. The molecule has 0 fully saturated rings. The van der Waals surface area contributed by atoms with E-state index in [1.165, 1.54) is 0 Å². The number of hydrogen-bond acceptors (Lipinski definition) is 2. The van der Waals surface area contributed by atoms with Crippen molar-refractivity contribution in [2.75, 3.05) is 6.54 Å². The minimum atomic E-state index is -1.41. The van der Waals surface area contributed by atoms with Gasteiger partial charge in [-0.05, 0) is 25.0 Å². The molecule has 0 aliphatic heterocycles. The lowest BCUT2D eigenvalue weighted by molar-refractivity contribution is 0.158. The Hall–Kier alpha value is -0.960. The molecule has 1 atom stereocenters. The average Bonchev–Trinajstić information content (AvgIpc) is 2.18. The molecule has 1 aromatic heterocycles. The quantitative estimate of drug-likeness (QED) is 0.802. The van der Waals surface area contributed by atoms with Crippen LogP contribution in [0.5, 0.6) is 0 Å². The normalized spacial score (nSPS) is 15.1. The molecule has 0 saturated heterocycles. The van der Waals surface area contributed by atoms with Crippen molar-refractivity contribution < 1.29 is 4.39 Å². The van der Waals surface area contributed by atoms with Gasteiger partial charge in [-0.1, -0.05) is 13.3 Å². The van der Waals surface area contributed by atoms with E-state index >= 15 is 0 Å². The van der Waals surface area contributed by atoms with Crippen LogP contribution in [0.25, 0.3) is 0 Å². The topological polar surface area (TPSA) is 38.9 Å². The summed E-state index contributed by atoms with van der Waals surface area (Å²) >= 11 is 0. The Labute approximate surface area is 84.3 Å². The lowest BCUT2D eigenvalue weighted by Gasteiger charge is -2.24. The van der Waals surface area contributed by atoms with Gasteiger partial charge in [0.15, 0.2) is 0 Å². The Morgan fingerprint density at radius 1 is 1.57 bits per heavy atom. The fraction of sp³-hybridized carbons (Fsp3) is 0.545. The molecule has 0 radical (unpaired) electrons. The Bertz CT molecular complexity index is 301. The summed E-state index contributed by atoms with van der Waals surface area (Å²) in [7, 11) is 0. The van der Waals surface area contributed by atoms with E-state index in [1.54, 1.807) is 12.4 Å². The van der Waals surface area contributed by atoms with E-state index in [4.69, 9.17) is 5.73 Å². The fourth-order valence-electron chi connectivity index (χ4n) is 1.68. The van der Waals surface area contributed by atoms with Crippen molar-refractivity contribution in [2.45, 2.75) is 32.4 Å². The molecule has 1 rings (SSSR count). The highest BCUT2D eigenvalue weighted by Gasteiger charge is 2.30. The number of alkyl halides is 1. The smallest absolute Gasteiger partial charge is 0.149 e. The van der Waals surface area contributed by atoms with Crippen LogP contribution in [0.15, 0.2) is 18.5 Å². The van der Waals surface area contributed by atoms with Crippen LogP contribution in [-0.2, 0) is 5.67 Å². The van der Waals surface area contributed by atoms with Gasteiger partial charge in [0.25, 0.3) is 0 Å². The molecule has 1 heterocycles. The van der Waals surface area contributed by atoms with Crippen molar-refractivity contribution in [2.24, 2.45) is 5.73 Å². The molecule has 0 amide bonds. The Morgan fingerprint density at radius 2 is 2.29 bits per heavy atom. The maximum Gasteiger partial charge on any atom is 0.149 e. The summed E-state index contributed by atoms with van der Waals surface area (Å²) in [5.41, 5.74) is 5.63. The van der Waals surface area contributed by atoms with E-state index in [9.17, 15) is 4.39 Å². The molecule has 2 N–H and O–H groups in total. The monoisotopic (exact) mass is 196 g/mol. The second-order valence-corrected chi connectivity index (χ2v) is 3.61. The lowest BCUT2D eigenvalue weighted by Crippen LogP contribution is -2.31. The molecule has 0 aromatic carbocycles. The SMILES string of the molecule is CCCC(F)(CN)c1cnccc1C. The largest absolute Gasteiger partial charge is 0.327 e. The van der Waals surface area contributed by atoms with Gasteiger partial charge in [0.05, 0.1) is 0 Å². The minimum Gasteiger partial charge on any atom is -0.327 e. The zero-order valence-corrected chi connectivity index (χ0v) is 8.76. The third-order valence-electron chi connectivity index (χ3n) is 2.49. The van der Waals surface area contributed by atoms with Crippen molar-refractivity contribution in [3.8, 4) is 0 Å². The Morgan fingerprint density at radius 3 is 2.79 bits per heavy atom. The Kier molecular flexibility index (Phi) is 3.58. The van der Waals surface area contributed by atoms with Gasteiger partial charge in [0.2, 0.25) is 0 Å². The van der Waals surface area contributed by atoms with E-state index in [2.05, 4.69) is 4.98 Å². The van der Waals surface area contributed by atoms with Gasteiger partial charge in [-0.25, -0.2) is 4.39 Å². The van der Waals surface area contributed by atoms with Crippen LogP contribution in [0.3, 0.4) is 0 Å². The van der Waals surface area contributed by atoms with Crippen LogP contribution < -0.4 is 5.73 Å². The number of halogens is 1. The first-order valence-corrected chi connectivity index (χ1v) is 4.94. The van der Waals surface area contributed by atoms with Crippen LogP contribution in [0.2, 0.25) is 0 Å². The van der Waals surface area contributed by atoms with E-state index in [0.717, 1.165) is 12.0 Å². The minimum absolute atomic E-state index is 0.0212. The molecule has 1 aromatic rings. The van der Waals surface area contributed by atoms with Crippen LogP contribution in [-0.4, -0.2) is 11.5 Å². The van der Waals surface area contributed by atoms with Crippen LogP contribution in [0, 0.1) is 6.92 Å². The molecule has 0 aliphatic carbocycles. The molecule has 2 nitrogen and oxygen atoms in total. The first kappa shape index (κ1) is 11.1. The molecule has 0 spiro atoms. The molecular weight excluding hydrogens is 179 g/mol. The molecule has 14 heavy (non-hydrogen) atoms. The molecule has 3 heteroatoms. The highest BCUT2D eigenvalue weighted by atomic mass is 19.1. The summed E-state index contributed by atoms with van der Waals surface area (Å²) in [4.78, 5) is 3.95. The van der Waals surface area contributed by atoms with Gasteiger partial charge in [0.1, 0.15) is 5.67 Å². The standard InChI is InChI=1S/C11H17FN2/c1-3-5-11(12,8-13)10-7-14-6-4-9(10)2/h4,6-7H,3,5,8,13H2,1-2H3. The third kappa shape index (κ3) is 2.10. The number of nitrogens with two attached hydrogens (primary N) is 1. The van der Waals surface area contributed by atoms with Gasteiger partial charge >= 0.3 is 0 Å². The van der Waals surface area contributed by atoms with Crippen molar-refractivity contribution >= 4 is 0 Å². The summed E-state index contributed by atoms with van der Waals surface area (Å²) in [6, 6.07) is 1.81. The van der Waals surface area contributed by atoms with E-state index in [-0.39, 0.29) is 6.54 Å². The maximum absolute atomic E-state index is 14.3. The number of aromatic nitrogens is 1. The number of nitrogens with zero attached hydrogens (tertiary/aromatic N) is 1. The van der Waals surface area contributed by atoms with Gasteiger partial charge in [0, 0.05) is 24.5 Å². The van der Waals surface area contributed by atoms with Gasteiger partial charge in [-0.3, -0.25) is 4.98 Å². The predicted molar refractivity (Wildman–Crippen MR) is 55.7 cm³/mol. The number of hydrogen-bond donors (Lipinski definition) is 1. The summed E-state index contributed by atoms with van der Waals surface area (Å²) < 4.78 is 14.3. The average molecular weight is 196 g/mol. The maximum atomic E-state index is 14.3. The molecule has 0 aliphatic rings. The zero-order valence-electron chi connectivity index (χ0n) is 8.76. The van der Waals surface area contributed by atoms with Crippen molar-refractivity contribution in [1.82, 2.24) is 4.98 Å². The number of rotatable bonds is 4. The van der Waals surface area contributed by atoms with Crippen LogP contribution in [0.1, 0.15) is 30.9 Å². The summed E-state index contributed by atoms with van der Waals surface area (Å²) in [5, 5.41) is 0. The fourth-order valence-corrected chi connectivity index (χ4v) is 1.68. The first-order valence-electron chi connectivity index (χ1n) is 4.94.